The summed E-state index contributed by atoms with van der Waals surface area (Å²) in [6.07, 6.45) is 0.660. The van der Waals surface area contributed by atoms with Crippen LogP contribution in [0.15, 0.2) is 29.6 Å². The Morgan fingerprint density at radius 1 is 1.41 bits per heavy atom. The molecule has 5 heteroatoms. The quantitative estimate of drug-likeness (QED) is 0.784. The van der Waals surface area contributed by atoms with Crippen molar-refractivity contribution < 1.29 is 4.39 Å². The highest BCUT2D eigenvalue weighted by Crippen LogP contribution is 2.24. The number of nitrogens with two attached hydrogens (primary N) is 1. The van der Waals surface area contributed by atoms with Crippen molar-refractivity contribution in [3.63, 3.8) is 0 Å². The van der Waals surface area contributed by atoms with Gasteiger partial charge in [0, 0.05) is 6.04 Å². The average molecular weight is 382 g/mol. The van der Waals surface area contributed by atoms with Crippen LogP contribution in [0.5, 0.6) is 0 Å². The van der Waals surface area contributed by atoms with Crippen LogP contribution in [0.25, 0.3) is 0 Å². The number of halogens is 3. The average Bonchev–Trinajstić information content (AvgIpc) is 2.70. The molecule has 0 bridgehead atoms. The molecule has 0 aliphatic carbocycles. The summed E-state index contributed by atoms with van der Waals surface area (Å²) in [6, 6.07) is 6.73. The Hall–Kier alpha value is -0.170. The van der Waals surface area contributed by atoms with Gasteiger partial charge in [0.15, 0.2) is 0 Å². The van der Waals surface area contributed by atoms with E-state index in [9.17, 15) is 4.39 Å². The summed E-state index contributed by atoms with van der Waals surface area (Å²) in [5, 5.41) is 2.20. The molecule has 1 unspecified atom stereocenters. The van der Waals surface area contributed by atoms with Gasteiger partial charge in [-0.3, -0.25) is 0 Å². The summed E-state index contributed by atoms with van der Waals surface area (Å²) < 4.78 is 14.2. The molecule has 0 fully saturated rings. The zero-order valence-electron chi connectivity index (χ0n) is 8.79. The molecule has 1 aromatic heterocycles. The van der Waals surface area contributed by atoms with Crippen LogP contribution in [0.3, 0.4) is 0 Å². The lowest BCUT2D eigenvalue weighted by Crippen LogP contribution is -2.12. The van der Waals surface area contributed by atoms with Crippen molar-refractivity contribution >= 4 is 45.5 Å². The second-order valence-electron chi connectivity index (χ2n) is 3.74. The lowest BCUT2D eigenvalue weighted by Gasteiger charge is -2.10. The molecular weight excluding hydrogens is 372 g/mol. The molecule has 90 valence electrons. The third-order valence-corrected chi connectivity index (χ3v) is 4.55. The van der Waals surface area contributed by atoms with Crippen LogP contribution < -0.4 is 5.73 Å². The SMILES string of the molecule is NC(Cc1ccc(F)c(Cl)c1)c1csc(I)c1. The lowest BCUT2D eigenvalue weighted by molar-refractivity contribution is 0.626. The van der Waals surface area contributed by atoms with Gasteiger partial charge < -0.3 is 5.73 Å². The van der Waals surface area contributed by atoms with Crippen LogP contribution in [-0.2, 0) is 6.42 Å². The third kappa shape index (κ3) is 3.40. The number of benzene rings is 1. The number of hydrogen-bond acceptors (Lipinski definition) is 2. The standard InChI is InChI=1S/C12H10ClFINS/c13-9-3-7(1-2-10(9)14)4-11(16)8-5-12(15)17-6-8/h1-3,5-6,11H,4,16H2. The molecular formula is C12H10ClFINS. The molecule has 1 atom stereocenters. The first kappa shape index (κ1) is 13.3. The number of rotatable bonds is 3. The van der Waals surface area contributed by atoms with E-state index in [4.69, 9.17) is 17.3 Å². The summed E-state index contributed by atoms with van der Waals surface area (Å²) >= 11 is 9.67. The van der Waals surface area contributed by atoms with Crippen LogP contribution in [0.4, 0.5) is 4.39 Å². The zero-order valence-corrected chi connectivity index (χ0v) is 12.5. The number of hydrogen-bond donors (Lipinski definition) is 1. The maximum atomic E-state index is 13.0. The summed E-state index contributed by atoms with van der Waals surface area (Å²) in [7, 11) is 0. The first-order valence-corrected chi connectivity index (χ1v) is 7.33. The fraction of sp³-hybridized carbons (Fsp3) is 0.167. The molecule has 0 saturated heterocycles. The molecule has 2 rings (SSSR count). The minimum Gasteiger partial charge on any atom is -0.324 e. The van der Waals surface area contributed by atoms with Crippen LogP contribution >= 0.6 is 45.5 Å². The normalized spacial score (nSPS) is 12.7. The molecule has 2 N–H and O–H groups in total. The Kier molecular flexibility index (Phi) is 4.41. The van der Waals surface area contributed by atoms with E-state index in [1.54, 1.807) is 23.5 Å². The van der Waals surface area contributed by atoms with Gasteiger partial charge in [-0.15, -0.1) is 11.3 Å². The minimum atomic E-state index is -0.394. The van der Waals surface area contributed by atoms with Crippen LogP contribution in [-0.4, -0.2) is 0 Å². The molecule has 17 heavy (non-hydrogen) atoms. The predicted octanol–water partition coefficient (Wildman–Crippen LogP) is 4.39. The molecule has 0 spiro atoms. The van der Waals surface area contributed by atoms with Gasteiger partial charge >= 0.3 is 0 Å². The van der Waals surface area contributed by atoms with Gasteiger partial charge in [-0.2, -0.15) is 0 Å². The van der Waals surface area contributed by atoms with Gasteiger partial charge in [-0.25, -0.2) is 4.39 Å². The molecule has 1 heterocycles. The van der Waals surface area contributed by atoms with Gasteiger partial charge in [-0.1, -0.05) is 17.7 Å². The van der Waals surface area contributed by atoms with Crippen LogP contribution in [0, 0.1) is 8.70 Å². The fourth-order valence-electron chi connectivity index (χ4n) is 1.56. The second kappa shape index (κ2) is 5.65. The monoisotopic (exact) mass is 381 g/mol. The Morgan fingerprint density at radius 3 is 2.76 bits per heavy atom. The maximum absolute atomic E-state index is 13.0. The van der Waals surface area contributed by atoms with Crippen molar-refractivity contribution in [3.8, 4) is 0 Å². The Labute approximate surface area is 122 Å². The van der Waals surface area contributed by atoms with Crippen molar-refractivity contribution in [2.45, 2.75) is 12.5 Å². The third-order valence-electron chi connectivity index (χ3n) is 2.46. The second-order valence-corrected chi connectivity index (χ2v) is 6.96. The topological polar surface area (TPSA) is 26.0 Å². The highest BCUT2D eigenvalue weighted by molar-refractivity contribution is 14.1. The van der Waals surface area contributed by atoms with Crippen molar-refractivity contribution in [1.82, 2.24) is 0 Å². The Morgan fingerprint density at radius 2 is 2.18 bits per heavy atom. The summed E-state index contributed by atoms with van der Waals surface area (Å²) in [4.78, 5) is 0. The summed E-state index contributed by atoms with van der Waals surface area (Å²) in [5.74, 6) is -0.394. The largest absolute Gasteiger partial charge is 0.324 e. The van der Waals surface area contributed by atoms with E-state index in [0.717, 1.165) is 11.1 Å². The van der Waals surface area contributed by atoms with Crippen molar-refractivity contribution in [2.24, 2.45) is 5.73 Å². The fourth-order valence-corrected chi connectivity index (χ4v) is 3.20. The van der Waals surface area contributed by atoms with Gasteiger partial charge in [0.25, 0.3) is 0 Å². The molecule has 1 aromatic carbocycles. The van der Waals surface area contributed by atoms with Gasteiger partial charge in [0.05, 0.1) is 7.91 Å². The predicted molar refractivity (Wildman–Crippen MR) is 79.1 cm³/mol. The molecule has 0 aliphatic heterocycles. The molecule has 0 amide bonds. The lowest BCUT2D eigenvalue weighted by atomic mass is 10.0. The van der Waals surface area contributed by atoms with E-state index in [0.29, 0.717) is 6.42 Å². The highest BCUT2D eigenvalue weighted by Gasteiger charge is 2.10. The van der Waals surface area contributed by atoms with Crippen molar-refractivity contribution in [2.75, 3.05) is 0 Å². The van der Waals surface area contributed by atoms with Crippen LogP contribution in [0.1, 0.15) is 17.2 Å². The van der Waals surface area contributed by atoms with Gasteiger partial charge in [0.1, 0.15) is 5.82 Å². The van der Waals surface area contributed by atoms with Gasteiger partial charge in [0.2, 0.25) is 0 Å². The summed E-state index contributed by atoms with van der Waals surface area (Å²) in [6.45, 7) is 0. The molecule has 0 radical (unpaired) electrons. The highest BCUT2D eigenvalue weighted by atomic mass is 127. The molecule has 2 aromatic rings. The van der Waals surface area contributed by atoms with E-state index < -0.39 is 5.82 Å². The molecule has 0 aliphatic rings. The van der Waals surface area contributed by atoms with Crippen molar-refractivity contribution in [1.29, 1.82) is 0 Å². The smallest absolute Gasteiger partial charge is 0.141 e. The van der Waals surface area contributed by atoms with Crippen LogP contribution in [0.2, 0.25) is 5.02 Å². The van der Waals surface area contributed by atoms with E-state index in [1.807, 2.05) is 0 Å². The molecule has 1 nitrogen and oxygen atoms in total. The first-order valence-electron chi connectivity index (χ1n) is 4.99. The van der Waals surface area contributed by atoms with E-state index in [2.05, 4.69) is 34.0 Å². The van der Waals surface area contributed by atoms with Crippen molar-refractivity contribution in [3.05, 3.63) is 54.5 Å². The zero-order chi connectivity index (χ0) is 12.4. The Bertz CT molecular complexity index is 529. The number of thiophene rings is 1. The van der Waals surface area contributed by atoms with Gasteiger partial charge in [-0.05, 0) is 63.7 Å². The molecule has 0 saturated carbocycles. The summed E-state index contributed by atoms with van der Waals surface area (Å²) in [5.41, 5.74) is 8.16. The first-order chi connectivity index (χ1) is 8.06. The Balaban J connectivity index is 2.12. The van der Waals surface area contributed by atoms with E-state index >= 15 is 0 Å². The van der Waals surface area contributed by atoms with E-state index in [-0.39, 0.29) is 11.1 Å². The maximum Gasteiger partial charge on any atom is 0.141 e. The minimum absolute atomic E-state index is 0.0729. The van der Waals surface area contributed by atoms with E-state index in [1.165, 1.54) is 8.95 Å².